The molecule has 37 heavy (non-hydrogen) atoms. The van der Waals surface area contributed by atoms with E-state index in [-0.39, 0.29) is 29.1 Å². The minimum Gasteiger partial charge on any atom is -0.344 e. The Labute approximate surface area is 218 Å². The molecule has 198 valence electrons. The lowest BCUT2D eigenvalue weighted by molar-refractivity contribution is -0.127. The van der Waals surface area contributed by atoms with E-state index in [4.69, 9.17) is 5.41 Å². The zero-order chi connectivity index (χ0) is 26.5. The SMILES string of the molecule is CCC(C(=N)C(=O)C(NC(=O)C(C)NC)C1CCCCC1)c1ccnc(N2CCc3cc(F)ccc32)c1. The van der Waals surface area contributed by atoms with E-state index in [1.54, 1.807) is 32.3 Å². The summed E-state index contributed by atoms with van der Waals surface area (Å²) in [7, 11) is 1.72. The molecule has 1 aromatic heterocycles. The molecule has 1 saturated carbocycles. The molecule has 8 heteroatoms. The summed E-state index contributed by atoms with van der Waals surface area (Å²) in [5, 5.41) is 14.9. The van der Waals surface area contributed by atoms with Crippen LogP contribution in [0.1, 0.15) is 69.4 Å². The van der Waals surface area contributed by atoms with Gasteiger partial charge in [0.05, 0.1) is 17.8 Å². The number of aromatic nitrogens is 1. The van der Waals surface area contributed by atoms with Gasteiger partial charge in [0.2, 0.25) is 5.91 Å². The van der Waals surface area contributed by atoms with Crippen LogP contribution >= 0.6 is 0 Å². The number of benzene rings is 1. The van der Waals surface area contributed by atoms with Crippen LogP contribution < -0.4 is 15.5 Å². The summed E-state index contributed by atoms with van der Waals surface area (Å²) < 4.78 is 13.7. The van der Waals surface area contributed by atoms with Crippen molar-refractivity contribution in [1.29, 1.82) is 5.41 Å². The van der Waals surface area contributed by atoms with Crippen LogP contribution in [-0.2, 0) is 16.0 Å². The number of rotatable bonds is 10. The van der Waals surface area contributed by atoms with E-state index in [0.717, 1.165) is 61.2 Å². The molecule has 3 atom stereocenters. The maximum atomic E-state index is 13.8. The van der Waals surface area contributed by atoms with Crippen molar-refractivity contribution in [3.8, 4) is 0 Å². The highest BCUT2D eigenvalue weighted by Gasteiger charge is 2.36. The first-order chi connectivity index (χ1) is 17.8. The smallest absolute Gasteiger partial charge is 0.237 e. The monoisotopic (exact) mass is 507 g/mol. The molecule has 2 aromatic rings. The van der Waals surface area contributed by atoms with Gasteiger partial charge in [-0.15, -0.1) is 0 Å². The van der Waals surface area contributed by atoms with Gasteiger partial charge in [0, 0.05) is 24.3 Å². The standard InChI is InChI=1S/C29H38FN5O2/c1-4-23(20-12-14-33-25(17-20)35-15-13-21-16-22(30)10-11-24(21)35)26(31)28(36)27(19-8-6-5-7-9-19)34-29(37)18(2)32-3/h10-12,14,16-19,23,27,31-32H,4-9,13,15H2,1-3H3,(H,34,37). The normalized spacial score (nSPS) is 18.1. The van der Waals surface area contributed by atoms with Gasteiger partial charge in [-0.1, -0.05) is 26.2 Å². The summed E-state index contributed by atoms with van der Waals surface area (Å²) in [4.78, 5) is 33.1. The molecule has 0 saturated heterocycles. The molecule has 0 spiro atoms. The summed E-state index contributed by atoms with van der Waals surface area (Å²) in [6.45, 7) is 4.43. The fourth-order valence-electron chi connectivity index (χ4n) is 5.63. The number of anilines is 2. The van der Waals surface area contributed by atoms with E-state index < -0.39 is 18.0 Å². The number of hydrogen-bond acceptors (Lipinski definition) is 6. The van der Waals surface area contributed by atoms with Crippen LogP contribution in [-0.4, -0.2) is 48.1 Å². The lowest BCUT2D eigenvalue weighted by Gasteiger charge is -2.32. The number of nitrogens with one attached hydrogen (secondary N) is 3. The van der Waals surface area contributed by atoms with Crippen molar-refractivity contribution in [3.05, 3.63) is 53.5 Å². The van der Waals surface area contributed by atoms with Crippen LogP contribution in [0.5, 0.6) is 0 Å². The zero-order valence-electron chi connectivity index (χ0n) is 22.0. The van der Waals surface area contributed by atoms with Crippen LogP contribution in [0, 0.1) is 17.1 Å². The summed E-state index contributed by atoms with van der Waals surface area (Å²) >= 11 is 0. The highest BCUT2D eigenvalue weighted by atomic mass is 19.1. The van der Waals surface area contributed by atoms with Crippen LogP contribution in [0.25, 0.3) is 0 Å². The van der Waals surface area contributed by atoms with Gasteiger partial charge in [0.1, 0.15) is 11.6 Å². The second-order valence-electron chi connectivity index (χ2n) is 10.3. The summed E-state index contributed by atoms with van der Waals surface area (Å²) in [5.74, 6) is -0.403. The molecule has 2 aliphatic rings. The molecule has 1 fully saturated rings. The van der Waals surface area contributed by atoms with Crippen LogP contribution in [0.2, 0.25) is 0 Å². The second-order valence-corrected chi connectivity index (χ2v) is 10.3. The Kier molecular flexibility index (Phi) is 8.69. The minimum atomic E-state index is -0.688. The van der Waals surface area contributed by atoms with Crippen molar-refractivity contribution in [2.45, 2.75) is 76.8 Å². The Morgan fingerprint density at radius 1 is 1.19 bits per heavy atom. The topological polar surface area (TPSA) is 98.2 Å². The molecule has 1 aliphatic heterocycles. The zero-order valence-corrected chi connectivity index (χ0v) is 22.0. The van der Waals surface area contributed by atoms with E-state index in [0.29, 0.717) is 13.0 Å². The number of carbonyl (C=O) groups is 2. The van der Waals surface area contributed by atoms with Gasteiger partial charge in [0.15, 0.2) is 5.78 Å². The Balaban J connectivity index is 1.58. The van der Waals surface area contributed by atoms with Crippen LogP contribution in [0.4, 0.5) is 15.9 Å². The Hall–Kier alpha value is -3.13. The minimum absolute atomic E-state index is 0.0246. The number of hydrogen-bond donors (Lipinski definition) is 3. The molecule has 0 bridgehead atoms. The molecular formula is C29H38FN5O2. The number of amides is 1. The van der Waals surface area contributed by atoms with E-state index in [2.05, 4.69) is 20.5 Å². The third-order valence-electron chi connectivity index (χ3n) is 7.94. The lowest BCUT2D eigenvalue weighted by atomic mass is 9.78. The van der Waals surface area contributed by atoms with Crippen molar-refractivity contribution in [2.24, 2.45) is 5.92 Å². The molecule has 3 unspecified atom stereocenters. The quantitative estimate of drug-likeness (QED) is 0.406. The molecular weight excluding hydrogens is 469 g/mol. The summed E-state index contributed by atoms with van der Waals surface area (Å²) in [5.41, 5.74) is 2.75. The molecule has 4 rings (SSSR count). The number of pyridine rings is 1. The first-order valence-electron chi connectivity index (χ1n) is 13.5. The van der Waals surface area contributed by atoms with Gasteiger partial charge >= 0.3 is 0 Å². The third kappa shape index (κ3) is 5.90. The Morgan fingerprint density at radius 3 is 2.65 bits per heavy atom. The van der Waals surface area contributed by atoms with E-state index in [1.165, 1.54) is 6.07 Å². The largest absolute Gasteiger partial charge is 0.344 e. The van der Waals surface area contributed by atoms with E-state index in [9.17, 15) is 14.0 Å². The fourth-order valence-corrected chi connectivity index (χ4v) is 5.63. The number of nitrogens with zero attached hydrogens (tertiary/aromatic N) is 2. The van der Waals surface area contributed by atoms with Crippen molar-refractivity contribution in [3.63, 3.8) is 0 Å². The van der Waals surface area contributed by atoms with Crippen molar-refractivity contribution in [2.75, 3.05) is 18.5 Å². The van der Waals surface area contributed by atoms with Gasteiger partial charge in [0.25, 0.3) is 0 Å². The fraction of sp³-hybridized carbons (Fsp3) is 0.517. The first-order valence-corrected chi connectivity index (χ1v) is 13.5. The van der Waals surface area contributed by atoms with Gasteiger partial charge in [-0.05, 0) is 87.0 Å². The molecule has 3 N–H and O–H groups in total. The Morgan fingerprint density at radius 2 is 1.95 bits per heavy atom. The van der Waals surface area contributed by atoms with Gasteiger partial charge in [-0.25, -0.2) is 9.37 Å². The molecule has 2 heterocycles. The van der Waals surface area contributed by atoms with Crippen LogP contribution in [0.3, 0.4) is 0 Å². The highest BCUT2D eigenvalue weighted by molar-refractivity contribution is 6.42. The van der Waals surface area contributed by atoms with Crippen molar-refractivity contribution in [1.82, 2.24) is 15.6 Å². The number of fused-ring (bicyclic) bond motifs is 1. The van der Waals surface area contributed by atoms with Gasteiger partial charge in [-0.3, -0.25) is 9.59 Å². The maximum absolute atomic E-state index is 13.8. The van der Waals surface area contributed by atoms with E-state index in [1.807, 2.05) is 19.1 Å². The number of halogens is 1. The van der Waals surface area contributed by atoms with Crippen molar-refractivity contribution < 1.29 is 14.0 Å². The van der Waals surface area contributed by atoms with Crippen LogP contribution in [0.15, 0.2) is 36.5 Å². The van der Waals surface area contributed by atoms with Crippen molar-refractivity contribution >= 4 is 28.9 Å². The van der Waals surface area contributed by atoms with Gasteiger partial charge < -0.3 is 20.9 Å². The number of likely N-dealkylation sites (N-methyl/N-ethyl adjacent to an activating group) is 1. The van der Waals surface area contributed by atoms with E-state index >= 15 is 0 Å². The number of Topliss-reactive ketones (excluding diaryl/α,β-unsaturated/α-hetero) is 1. The maximum Gasteiger partial charge on any atom is 0.237 e. The Bertz CT molecular complexity index is 1150. The first kappa shape index (κ1) is 26.9. The third-order valence-corrected chi connectivity index (χ3v) is 7.94. The lowest BCUT2D eigenvalue weighted by Crippen LogP contribution is -2.53. The predicted molar refractivity (Wildman–Crippen MR) is 144 cm³/mol. The summed E-state index contributed by atoms with van der Waals surface area (Å²) in [6, 6.07) is 7.49. The number of carbonyl (C=O) groups excluding carboxylic acids is 2. The molecule has 1 aromatic carbocycles. The predicted octanol–water partition coefficient (Wildman–Crippen LogP) is 4.67. The molecule has 0 radical (unpaired) electrons. The highest BCUT2D eigenvalue weighted by Crippen LogP contribution is 2.36. The van der Waals surface area contributed by atoms with Gasteiger partial charge in [-0.2, -0.15) is 0 Å². The number of ketones is 1. The average molecular weight is 508 g/mol. The average Bonchev–Trinajstić information content (AvgIpc) is 3.34. The summed E-state index contributed by atoms with van der Waals surface area (Å²) in [6.07, 6.45) is 7.98. The second kappa shape index (κ2) is 11.9. The molecule has 1 aliphatic carbocycles. The molecule has 7 nitrogen and oxygen atoms in total. The molecule has 1 amide bonds.